The van der Waals surface area contributed by atoms with Crippen molar-refractivity contribution in [2.45, 2.75) is 18.6 Å². The molecule has 2 N–H and O–H groups in total. The molecule has 12 heavy (non-hydrogen) atoms. The lowest BCUT2D eigenvalue weighted by atomic mass is 9.85. The number of aliphatic hydroxyl groups is 1. The number of carbonyl (C=O) groups is 2. The van der Waals surface area contributed by atoms with Gasteiger partial charge in [-0.1, -0.05) is 0 Å². The molecule has 2 aliphatic rings. The highest BCUT2D eigenvalue weighted by Crippen LogP contribution is 2.37. The number of rotatable bonds is 1. The van der Waals surface area contributed by atoms with E-state index in [0.29, 0.717) is 0 Å². The number of ether oxygens (including phenoxy) is 1. The largest absolute Gasteiger partial charge is 0.456 e. The molecule has 0 saturated carbocycles. The number of fused-ring (bicyclic) bond motifs is 1. The Labute approximate surface area is 68.7 Å². The van der Waals surface area contributed by atoms with Gasteiger partial charge in [0, 0.05) is 0 Å². The van der Waals surface area contributed by atoms with Crippen molar-refractivity contribution in [3.8, 4) is 0 Å². The van der Waals surface area contributed by atoms with Crippen LogP contribution >= 0.6 is 0 Å². The van der Waals surface area contributed by atoms with Gasteiger partial charge in [0.2, 0.25) is 5.91 Å². The van der Waals surface area contributed by atoms with Crippen LogP contribution in [0.5, 0.6) is 0 Å². The second-order valence-corrected chi connectivity index (χ2v) is 3.23. The minimum absolute atomic E-state index is 0.236. The molecule has 0 radical (unpaired) electrons. The molecule has 2 fully saturated rings. The first-order valence-corrected chi connectivity index (χ1v) is 3.76. The van der Waals surface area contributed by atoms with Crippen LogP contribution in [0.2, 0.25) is 0 Å². The van der Waals surface area contributed by atoms with Crippen molar-refractivity contribution in [1.29, 1.82) is 0 Å². The number of hydrogen-bond donors (Lipinski definition) is 2. The molecule has 1 amide bonds. The number of amides is 1. The standard InChI is InChI=1S/C7H9NO4/c1-3-4-7(2-9,6(11)12-4)8-5(3)10/h3-4,9H,2H2,1H3,(H,8,10)/t3-,4+,7+/m1/s1. The molecular weight excluding hydrogens is 162 g/mol. The summed E-state index contributed by atoms with van der Waals surface area (Å²) in [5, 5.41) is 11.4. The Morgan fingerprint density at radius 3 is 2.67 bits per heavy atom. The lowest BCUT2D eigenvalue weighted by Gasteiger charge is -2.40. The van der Waals surface area contributed by atoms with E-state index in [2.05, 4.69) is 5.32 Å². The van der Waals surface area contributed by atoms with Crippen LogP contribution in [0.3, 0.4) is 0 Å². The Morgan fingerprint density at radius 2 is 2.33 bits per heavy atom. The molecular formula is C7H9NO4. The van der Waals surface area contributed by atoms with Crippen molar-refractivity contribution >= 4 is 11.9 Å². The normalized spacial score (nSPS) is 44.5. The van der Waals surface area contributed by atoms with Crippen LogP contribution in [0.15, 0.2) is 0 Å². The highest BCUT2D eigenvalue weighted by molar-refractivity contribution is 5.99. The monoisotopic (exact) mass is 171 g/mol. The fourth-order valence-electron chi connectivity index (χ4n) is 1.70. The van der Waals surface area contributed by atoms with Crippen LogP contribution in [0, 0.1) is 5.92 Å². The summed E-state index contributed by atoms with van der Waals surface area (Å²) in [6.07, 6.45) is -0.484. The first-order chi connectivity index (χ1) is 5.62. The Balaban J connectivity index is 2.32. The summed E-state index contributed by atoms with van der Waals surface area (Å²) >= 11 is 0. The molecule has 0 aromatic rings. The average Bonchev–Trinajstić information content (AvgIpc) is 2.25. The van der Waals surface area contributed by atoms with Gasteiger partial charge in [-0.2, -0.15) is 0 Å². The average molecular weight is 171 g/mol. The maximum atomic E-state index is 11.1. The van der Waals surface area contributed by atoms with Gasteiger partial charge in [0.15, 0.2) is 5.54 Å². The van der Waals surface area contributed by atoms with E-state index < -0.39 is 17.6 Å². The molecule has 0 aliphatic carbocycles. The summed E-state index contributed by atoms with van der Waals surface area (Å²) in [6.45, 7) is 1.29. The number of aliphatic hydroxyl groups excluding tert-OH is 1. The molecule has 0 unspecified atom stereocenters. The Morgan fingerprint density at radius 1 is 1.67 bits per heavy atom. The highest BCUT2D eigenvalue weighted by atomic mass is 16.6. The van der Waals surface area contributed by atoms with E-state index in [1.54, 1.807) is 6.92 Å². The summed E-state index contributed by atoms with van der Waals surface area (Å²) in [5.74, 6) is -1.12. The van der Waals surface area contributed by atoms with Crippen LogP contribution < -0.4 is 5.32 Å². The number of esters is 1. The minimum atomic E-state index is -1.13. The molecule has 0 spiro atoms. The fourth-order valence-corrected chi connectivity index (χ4v) is 1.70. The molecule has 2 heterocycles. The zero-order valence-electron chi connectivity index (χ0n) is 6.53. The zero-order chi connectivity index (χ0) is 8.93. The second kappa shape index (κ2) is 1.98. The first kappa shape index (κ1) is 7.54. The molecule has 0 bridgehead atoms. The van der Waals surface area contributed by atoms with Crippen LogP contribution in [-0.2, 0) is 14.3 Å². The molecule has 5 heteroatoms. The van der Waals surface area contributed by atoms with Gasteiger partial charge < -0.3 is 15.2 Å². The zero-order valence-corrected chi connectivity index (χ0v) is 6.53. The SMILES string of the molecule is C[C@H]1C(=O)N[C@]2(CO)C(=O)O[C@@H]12. The summed E-state index contributed by atoms with van der Waals surface area (Å²) < 4.78 is 4.76. The van der Waals surface area contributed by atoms with Gasteiger partial charge in [-0.05, 0) is 6.92 Å². The van der Waals surface area contributed by atoms with Crippen molar-refractivity contribution in [1.82, 2.24) is 5.32 Å². The molecule has 2 aliphatic heterocycles. The quantitative estimate of drug-likeness (QED) is 0.466. The van der Waals surface area contributed by atoms with Crippen LogP contribution in [0.1, 0.15) is 6.92 Å². The van der Waals surface area contributed by atoms with Gasteiger partial charge in [0.25, 0.3) is 0 Å². The maximum absolute atomic E-state index is 11.1. The summed E-state index contributed by atoms with van der Waals surface area (Å²) in [4.78, 5) is 22.0. The second-order valence-electron chi connectivity index (χ2n) is 3.23. The van der Waals surface area contributed by atoms with Crippen molar-refractivity contribution in [2.24, 2.45) is 5.92 Å². The van der Waals surface area contributed by atoms with E-state index in [0.717, 1.165) is 0 Å². The lowest BCUT2D eigenvalue weighted by molar-refractivity contribution is -0.195. The summed E-state index contributed by atoms with van der Waals surface area (Å²) in [6, 6.07) is 0. The molecule has 2 saturated heterocycles. The van der Waals surface area contributed by atoms with E-state index in [4.69, 9.17) is 9.84 Å². The third-order valence-electron chi connectivity index (χ3n) is 2.55. The van der Waals surface area contributed by atoms with Gasteiger partial charge >= 0.3 is 5.97 Å². The van der Waals surface area contributed by atoms with Gasteiger partial charge in [-0.3, -0.25) is 4.79 Å². The Bertz CT molecular complexity index is 262. The van der Waals surface area contributed by atoms with Crippen LogP contribution in [-0.4, -0.2) is 35.2 Å². The highest BCUT2D eigenvalue weighted by Gasteiger charge is 2.66. The summed E-state index contributed by atoms with van der Waals surface area (Å²) in [5.41, 5.74) is -1.13. The third kappa shape index (κ3) is 0.582. The third-order valence-corrected chi connectivity index (χ3v) is 2.55. The fraction of sp³-hybridized carbons (Fsp3) is 0.714. The molecule has 0 aromatic carbocycles. The van der Waals surface area contributed by atoms with Crippen LogP contribution in [0.25, 0.3) is 0 Å². The van der Waals surface area contributed by atoms with Crippen LogP contribution in [0.4, 0.5) is 0 Å². The van der Waals surface area contributed by atoms with Gasteiger partial charge in [-0.15, -0.1) is 0 Å². The minimum Gasteiger partial charge on any atom is -0.456 e. The van der Waals surface area contributed by atoms with Crippen molar-refractivity contribution in [3.05, 3.63) is 0 Å². The van der Waals surface area contributed by atoms with Crippen molar-refractivity contribution < 1.29 is 19.4 Å². The molecule has 0 aromatic heterocycles. The first-order valence-electron chi connectivity index (χ1n) is 3.76. The molecule has 3 atom stereocenters. The Kier molecular flexibility index (Phi) is 1.24. The van der Waals surface area contributed by atoms with E-state index in [-0.39, 0.29) is 18.4 Å². The predicted octanol–water partition coefficient (Wildman–Crippen LogP) is -1.59. The lowest BCUT2D eigenvalue weighted by Crippen LogP contribution is -2.69. The number of nitrogens with one attached hydrogen (secondary N) is 1. The smallest absolute Gasteiger partial charge is 0.338 e. The summed E-state index contributed by atoms with van der Waals surface area (Å²) in [7, 11) is 0. The number of hydrogen-bond acceptors (Lipinski definition) is 4. The topological polar surface area (TPSA) is 75.6 Å². The maximum Gasteiger partial charge on any atom is 0.338 e. The van der Waals surface area contributed by atoms with Crippen molar-refractivity contribution in [3.63, 3.8) is 0 Å². The van der Waals surface area contributed by atoms with E-state index in [1.807, 2.05) is 0 Å². The van der Waals surface area contributed by atoms with E-state index in [1.165, 1.54) is 0 Å². The molecule has 5 nitrogen and oxygen atoms in total. The van der Waals surface area contributed by atoms with Crippen molar-refractivity contribution in [2.75, 3.05) is 6.61 Å². The van der Waals surface area contributed by atoms with Gasteiger partial charge in [-0.25, -0.2) is 4.79 Å². The molecule has 2 rings (SSSR count). The van der Waals surface area contributed by atoms with Gasteiger partial charge in [0.05, 0.1) is 12.5 Å². The Hall–Kier alpha value is -1.10. The van der Waals surface area contributed by atoms with Gasteiger partial charge in [0.1, 0.15) is 6.10 Å². The van der Waals surface area contributed by atoms with E-state index >= 15 is 0 Å². The predicted molar refractivity (Wildman–Crippen MR) is 37.0 cm³/mol. The number of carbonyl (C=O) groups excluding carboxylic acids is 2. The van der Waals surface area contributed by atoms with E-state index in [9.17, 15) is 9.59 Å². The molecule has 66 valence electrons.